The average Bonchev–Trinajstić information content (AvgIpc) is 2.41. The lowest BCUT2D eigenvalue weighted by Gasteiger charge is -2.16. The second-order valence-electron chi connectivity index (χ2n) is 4.64. The summed E-state index contributed by atoms with van der Waals surface area (Å²) in [5.41, 5.74) is 3.48. The summed E-state index contributed by atoms with van der Waals surface area (Å²) >= 11 is 13.4. The fourth-order valence-corrected chi connectivity index (χ4v) is 3.38. The molecule has 1 atom stereocenters. The summed E-state index contributed by atoms with van der Waals surface area (Å²) in [5.74, 6) is 0.898. The van der Waals surface area contributed by atoms with Crippen molar-refractivity contribution in [1.29, 1.82) is 0 Å². The Morgan fingerprint density at radius 2 is 2.00 bits per heavy atom. The molecule has 0 aliphatic rings. The summed E-state index contributed by atoms with van der Waals surface area (Å²) in [6, 6.07) is 12.1. The highest BCUT2D eigenvalue weighted by atomic mass is 79.9. The topological polar surface area (TPSA) is 9.23 Å². The number of halogens is 3. The van der Waals surface area contributed by atoms with Crippen LogP contribution in [0.1, 0.15) is 21.5 Å². The quantitative estimate of drug-likeness (QED) is 0.545. The molecule has 1 unspecified atom stereocenters. The largest absolute Gasteiger partial charge is 0.496 e. The van der Waals surface area contributed by atoms with E-state index < -0.39 is 0 Å². The maximum absolute atomic E-state index is 6.03. The van der Waals surface area contributed by atoms with E-state index in [0.29, 0.717) is 0 Å². The smallest absolute Gasteiger partial charge is 0.123 e. The fourth-order valence-electron chi connectivity index (χ4n) is 2.07. The molecule has 2 aromatic rings. The average molecular weight is 419 g/mol. The zero-order valence-corrected chi connectivity index (χ0v) is 15.2. The van der Waals surface area contributed by atoms with Gasteiger partial charge in [0, 0.05) is 19.9 Å². The number of alkyl halides is 1. The maximum Gasteiger partial charge on any atom is 0.123 e. The molecule has 0 amide bonds. The highest BCUT2D eigenvalue weighted by Gasteiger charge is 2.15. The van der Waals surface area contributed by atoms with E-state index in [9.17, 15) is 0 Å². The van der Waals surface area contributed by atoms with Gasteiger partial charge in [0.2, 0.25) is 0 Å². The number of methoxy groups -OCH3 is 1. The maximum atomic E-state index is 6.03. The van der Waals surface area contributed by atoms with Crippen LogP contribution in [0.15, 0.2) is 40.9 Å². The van der Waals surface area contributed by atoms with Gasteiger partial charge in [0.05, 0.1) is 7.11 Å². The Labute approximate surface area is 141 Å². The van der Waals surface area contributed by atoms with E-state index in [0.717, 1.165) is 32.8 Å². The molecule has 0 aliphatic heterocycles. The Kier molecular flexibility index (Phi) is 5.53. The summed E-state index contributed by atoms with van der Waals surface area (Å²) in [5, 5.41) is 0.763. The first-order valence-corrected chi connectivity index (χ1v) is 8.32. The van der Waals surface area contributed by atoms with Gasteiger partial charge in [-0.25, -0.2) is 0 Å². The van der Waals surface area contributed by atoms with Crippen molar-refractivity contribution >= 4 is 43.5 Å². The molecule has 106 valence electrons. The predicted octanol–water partition coefficient (Wildman–Crippen LogP) is 6.10. The minimum atomic E-state index is 0.174. The van der Waals surface area contributed by atoms with Crippen molar-refractivity contribution in [3.63, 3.8) is 0 Å². The van der Waals surface area contributed by atoms with Crippen LogP contribution in [0, 0.1) is 6.92 Å². The van der Waals surface area contributed by atoms with Crippen molar-refractivity contribution in [1.82, 2.24) is 0 Å². The van der Waals surface area contributed by atoms with E-state index in [1.54, 1.807) is 7.11 Å². The molecule has 0 saturated carbocycles. The standard InChI is InChI=1S/C16H15Br2ClO/c1-10-6-16(20-2)13(9-14(10)17)15(18)8-11-4-3-5-12(19)7-11/h3-7,9,15H,8H2,1-2H3. The van der Waals surface area contributed by atoms with Gasteiger partial charge < -0.3 is 4.74 Å². The van der Waals surface area contributed by atoms with Crippen LogP contribution in [0.2, 0.25) is 5.02 Å². The van der Waals surface area contributed by atoms with Crippen LogP contribution in [-0.4, -0.2) is 7.11 Å². The fraction of sp³-hybridized carbons (Fsp3) is 0.250. The van der Waals surface area contributed by atoms with Crippen LogP contribution in [0.3, 0.4) is 0 Å². The third kappa shape index (κ3) is 3.78. The zero-order valence-electron chi connectivity index (χ0n) is 11.3. The lowest BCUT2D eigenvalue weighted by Crippen LogP contribution is -2.00. The predicted molar refractivity (Wildman–Crippen MR) is 92.3 cm³/mol. The third-order valence-electron chi connectivity index (χ3n) is 3.15. The SMILES string of the molecule is COc1cc(C)c(Br)cc1C(Br)Cc1cccc(Cl)c1. The Hall–Kier alpha value is -0.510. The molecule has 4 heteroatoms. The first-order valence-electron chi connectivity index (χ1n) is 6.24. The number of aryl methyl sites for hydroxylation is 1. The molecule has 2 aromatic carbocycles. The number of ether oxygens (including phenoxy) is 1. The Balaban J connectivity index is 2.29. The summed E-state index contributed by atoms with van der Waals surface area (Å²) < 4.78 is 6.57. The van der Waals surface area contributed by atoms with Gasteiger partial charge in [-0.2, -0.15) is 0 Å². The summed E-state index contributed by atoms with van der Waals surface area (Å²) in [4.78, 5) is 0.174. The molecule has 0 fully saturated rings. The molecule has 0 aliphatic carbocycles. The lowest BCUT2D eigenvalue weighted by atomic mass is 10.0. The summed E-state index contributed by atoms with van der Waals surface area (Å²) in [6.07, 6.45) is 0.854. The van der Waals surface area contributed by atoms with Crippen LogP contribution in [0.4, 0.5) is 0 Å². The van der Waals surface area contributed by atoms with Crippen LogP contribution >= 0.6 is 43.5 Å². The van der Waals surface area contributed by atoms with E-state index >= 15 is 0 Å². The lowest BCUT2D eigenvalue weighted by molar-refractivity contribution is 0.409. The van der Waals surface area contributed by atoms with E-state index in [1.807, 2.05) is 24.3 Å². The second-order valence-corrected chi connectivity index (χ2v) is 7.04. The molecule has 0 N–H and O–H groups in total. The van der Waals surface area contributed by atoms with E-state index in [2.05, 4.69) is 50.9 Å². The normalized spacial score (nSPS) is 12.2. The monoisotopic (exact) mass is 416 g/mol. The molecule has 0 spiro atoms. The Morgan fingerprint density at radius 3 is 2.65 bits per heavy atom. The molecule has 20 heavy (non-hydrogen) atoms. The van der Waals surface area contributed by atoms with Gasteiger partial charge in [-0.3, -0.25) is 0 Å². The van der Waals surface area contributed by atoms with Crippen LogP contribution < -0.4 is 4.74 Å². The van der Waals surface area contributed by atoms with E-state index in [1.165, 1.54) is 5.56 Å². The van der Waals surface area contributed by atoms with Crippen molar-refractivity contribution in [3.8, 4) is 5.75 Å². The van der Waals surface area contributed by atoms with Crippen molar-refractivity contribution in [3.05, 3.63) is 62.6 Å². The van der Waals surface area contributed by atoms with Crippen LogP contribution in [0.25, 0.3) is 0 Å². The molecular formula is C16H15Br2ClO. The van der Waals surface area contributed by atoms with Gasteiger partial charge in [-0.15, -0.1) is 0 Å². The van der Waals surface area contributed by atoms with E-state index in [-0.39, 0.29) is 4.83 Å². The minimum absolute atomic E-state index is 0.174. The molecule has 1 nitrogen and oxygen atoms in total. The van der Waals surface area contributed by atoms with Crippen LogP contribution in [-0.2, 0) is 6.42 Å². The highest BCUT2D eigenvalue weighted by molar-refractivity contribution is 9.10. The van der Waals surface area contributed by atoms with Crippen molar-refractivity contribution in [2.45, 2.75) is 18.2 Å². The third-order valence-corrected chi connectivity index (χ3v) is 5.06. The zero-order chi connectivity index (χ0) is 14.7. The summed E-state index contributed by atoms with van der Waals surface area (Å²) in [6.45, 7) is 2.05. The molecule has 0 heterocycles. The minimum Gasteiger partial charge on any atom is -0.496 e. The number of rotatable bonds is 4. The first kappa shape index (κ1) is 15.9. The van der Waals surface area contributed by atoms with Crippen LogP contribution in [0.5, 0.6) is 5.75 Å². The van der Waals surface area contributed by atoms with Gasteiger partial charge in [0.15, 0.2) is 0 Å². The molecule has 0 radical (unpaired) electrons. The van der Waals surface area contributed by atoms with Crippen molar-refractivity contribution < 1.29 is 4.74 Å². The molecular weight excluding hydrogens is 403 g/mol. The number of hydrogen-bond acceptors (Lipinski definition) is 1. The van der Waals surface area contributed by atoms with Crippen molar-refractivity contribution in [2.24, 2.45) is 0 Å². The highest BCUT2D eigenvalue weighted by Crippen LogP contribution is 2.37. The first-order chi connectivity index (χ1) is 9.51. The summed E-state index contributed by atoms with van der Waals surface area (Å²) in [7, 11) is 1.70. The molecule has 2 rings (SSSR count). The van der Waals surface area contributed by atoms with Gasteiger partial charge in [-0.05, 0) is 48.7 Å². The molecule has 0 bridgehead atoms. The van der Waals surface area contributed by atoms with Gasteiger partial charge >= 0.3 is 0 Å². The molecule has 0 aromatic heterocycles. The van der Waals surface area contributed by atoms with E-state index in [4.69, 9.17) is 16.3 Å². The van der Waals surface area contributed by atoms with Gasteiger partial charge in [-0.1, -0.05) is 55.6 Å². The second kappa shape index (κ2) is 6.97. The number of hydrogen-bond donors (Lipinski definition) is 0. The Bertz CT molecular complexity index is 613. The van der Waals surface area contributed by atoms with Gasteiger partial charge in [0.25, 0.3) is 0 Å². The van der Waals surface area contributed by atoms with Gasteiger partial charge in [0.1, 0.15) is 5.75 Å². The number of benzene rings is 2. The van der Waals surface area contributed by atoms with Crippen molar-refractivity contribution in [2.75, 3.05) is 7.11 Å². The Morgan fingerprint density at radius 1 is 1.25 bits per heavy atom. The molecule has 0 saturated heterocycles.